The maximum atomic E-state index is 13.5. The van der Waals surface area contributed by atoms with Crippen molar-refractivity contribution in [1.82, 2.24) is 10.2 Å². The number of hydrogen-bond acceptors (Lipinski definition) is 4. The van der Waals surface area contributed by atoms with Crippen molar-refractivity contribution < 1.29 is 18.8 Å². The van der Waals surface area contributed by atoms with Crippen molar-refractivity contribution in [2.45, 2.75) is 67.1 Å². The van der Waals surface area contributed by atoms with Crippen LogP contribution in [-0.2, 0) is 25.3 Å². The van der Waals surface area contributed by atoms with Crippen molar-refractivity contribution >= 4 is 42.7 Å². The van der Waals surface area contributed by atoms with Crippen molar-refractivity contribution in [3.8, 4) is 0 Å². The number of nitrogens with zero attached hydrogens (tertiary/aromatic N) is 1. The molecule has 1 aromatic rings. The van der Waals surface area contributed by atoms with Gasteiger partial charge < -0.3 is 19.4 Å². The van der Waals surface area contributed by atoms with E-state index in [2.05, 4.69) is 61.8 Å². The van der Waals surface area contributed by atoms with Crippen molar-refractivity contribution in [3.63, 3.8) is 0 Å². The molecule has 2 bridgehead atoms. The van der Waals surface area contributed by atoms with Crippen LogP contribution >= 0.6 is 22.6 Å². The summed E-state index contributed by atoms with van der Waals surface area (Å²) in [4.78, 5) is 28.7. The van der Waals surface area contributed by atoms with Crippen molar-refractivity contribution in [2.24, 2.45) is 5.92 Å². The van der Waals surface area contributed by atoms with Gasteiger partial charge in [-0.15, -0.1) is 0 Å². The van der Waals surface area contributed by atoms with E-state index in [0.29, 0.717) is 19.7 Å². The van der Waals surface area contributed by atoms with Gasteiger partial charge in [-0.2, -0.15) is 0 Å². The summed E-state index contributed by atoms with van der Waals surface area (Å²) in [6.45, 7) is 12.2. The molecule has 0 saturated carbocycles. The van der Waals surface area contributed by atoms with E-state index < -0.39 is 20.0 Å². The van der Waals surface area contributed by atoms with E-state index >= 15 is 0 Å². The lowest BCUT2D eigenvalue weighted by Gasteiger charge is -2.37. The Balaban J connectivity index is 1.53. The third kappa shape index (κ3) is 3.97. The number of amides is 2. The molecule has 2 fully saturated rings. The van der Waals surface area contributed by atoms with E-state index in [0.717, 1.165) is 5.56 Å². The van der Waals surface area contributed by atoms with Gasteiger partial charge in [-0.1, -0.05) is 85.8 Å². The molecule has 0 aliphatic carbocycles. The van der Waals surface area contributed by atoms with Crippen LogP contribution in [0.2, 0.25) is 18.1 Å². The quantitative estimate of drug-likeness (QED) is 0.236. The molecule has 0 radical (unpaired) electrons. The molecule has 4 rings (SSSR count). The zero-order chi connectivity index (χ0) is 23.3. The molecule has 1 aromatic carbocycles. The first-order valence-corrected chi connectivity index (χ1v) is 15.4. The van der Waals surface area contributed by atoms with E-state index in [1.807, 2.05) is 42.5 Å². The monoisotopic (exact) mass is 568 g/mol. The van der Waals surface area contributed by atoms with Crippen molar-refractivity contribution in [3.05, 3.63) is 48.0 Å². The van der Waals surface area contributed by atoms with Gasteiger partial charge in [-0.05, 0) is 23.7 Å². The van der Waals surface area contributed by atoms with Crippen LogP contribution < -0.4 is 5.32 Å². The molecule has 1 N–H and O–H groups in total. The van der Waals surface area contributed by atoms with Gasteiger partial charge in [0.2, 0.25) is 11.8 Å². The van der Waals surface area contributed by atoms with Crippen molar-refractivity contribution in [2.75, 3.05) is 13.2 Å². The molecule has 2 amide bonds. The Labute approximate surface area is 205 Å². The van der Waals surface area contributed by atoms with E-state index in [-0.39, 0.29) is 32.8 Å². The second-order valence-corrected chi connectivity index (χ2v) is 16.7. The highest BCUT2D eigenvalue weighted by atomic mass is 127. The number of rotatable bonds is 7. The zero-order valence-corrected chi connectivity index (χ0v) is 22.6. The van der Waals surface area contributed by atoms with Crippen LogP contribution in [0.5, 0.6) is 0 Å². The summed E-state index contributed by atoms with van der Waals surface area (Å²) in [5.74, 6) is -0.513. The van der Waals surface area contributed by atoms with Gasteiger partial charge in [-0.3, -0.25) is 9.59 Å². The molecule has 6 nitrogen and oxygen atoms in total. The molecule has 5 atom stereocenters. The molecular formula is C24H33IN2O4Si. The number of alkyl halides is 1. The van der Waals surface area contributed by atoms with Crippen LogP contribution in [0.25, 0.3) is 0 Å². The lowest BCUT2D eigenvalue weighted by molar-refractivity contribution is -0.139. The number of carbonyl (C=O) groups excluding carboxylic acids is 2. The highest BCUT2D eigenvalue weighted by Gasteiger charge is 2.70. The molecule has 2 saturated heterocycles. The summed E-state index contributed by atoms with van der Waals surface area (Å²) in [5, 5.41) is 3.13. The minimum absolute atomic E-state index is 0.00468. The lowest BCUT2D eigenvalue weighted by atomic mass is 9.81. The predicted octanol–water partition coefficient (Wildman–Crippen LogP) is 3.66. The van der Waals surface area contributed by atoms with Gasteiger partial charge in [-0.25, -0.2) is 0 Å². The third-order valence-electron chi connectivity index (χ3n) is 7.45. The largest absolute Gasteiger partial charge is 0.415 e. The van der Waals surface area contributed by atoms with Crippen molar-refractivity contribution in [1.29, 1.82) is 0 Å². The standard InChI is InChI=1S/C24H33IN2O4Si/c1-23(2,3)32(4,5)30-14-13-27-20(21(28)26-15-16-9-7-6-8-10-16)24-12-11-17(31-24)19(25)18(24)22(27)29/h6-12,17-20H,13-15H2,1-5H3,(H,26,28)/t17-,18-,19+,20+,24-/m1/s1. The highest BCUT2D eigenvalue weighted by Crippen LogP contribution is 2.54. The van der Waals surface area contributed by atoms with Crippen LogP contribution in [0.1, 0.15) is 26.3 Å². The molecule has 3 heterocycles. The normalized spacial score (nSPS) is 31.3. The fraction of sp³-hybridized carbons (Fsp3) is 0.583. The number of likely N-dealkylation sites (tertiary alicyclic amines) is 1. The summed E-state index contributed by atoms with van der Waals surface area (Å²) in [6.07, 6.45) is 3.85. The minimum Gasteiger partial charge on any atom is -0.415 e. The van der Waals surface area contributed by atoms with Gasteiger partial charge in [0.1, 0.15) is 11.6 Å². The van der Waals surface area contributed by atoms with Crippen LogP contribution in [0.4, 0.5) is 0 Å². The average Bonchev–Trinajstić information content (AvgIpc) is 3.34. The Bertz CT molecular complexity index is 916. The topological polar surface area (TPSA) is 67.9 Å². The minimum atomic E-state index is -1.95. The summed E-state index contributed by atoms with van der Waals surface area (Å²) >= 11 is 2.31. The lowest BCUT2D eigenvalue weighted by Crippen LogP contribution is -2.55. The Kier molecular flexibility index (Phi) is 6.37. The first kappa shape index (κ1) is 23.9. The Morgan fingerprint density at radius 2 is 1.97 bits per heavy atom. The Morgan fingerprint density at radius 1 is 1.28 bits per heavy atom. The van der Waals surface area contributed by atoms with E-state index in [9.17, 15) is 9.59 Å². The molecule has 32 heavy (non-hydrogen) atoms. The van der Waals surface area contributed by atoms with Gasteiger partial charge >= 0.3 is 0 Å². The second kappa shape index (κ2) is 8.52. The van der Waals surface area contributed by atoms with E-state index in [1.54, 1.807) is 4.90 Å². The number of fused-ring (bicyclic) bond motifs is 1. The first-order valence-electron chi connectivity index (χ1n) is 11.3. The highest BCUT2D eigenvalue weighted by molar-refractivity contribution is 14.1. The van der Waals surface area contributed by atoms with Gasteiger partial charge in [0.15, 0.2) is 8.32 Å². The van der Waals surface area contributed by atoms with Gasteiger partial charge in [0, 0.05) is 13.1 Å². The van der Waals surface area contributed by atoms with E-state index in [4.69, 9.17) is 9.16 Å². The molecule has 8 heteroatoms. The molecule has 0 unspecified atom stereocenters. The molecular weight excluding hydrogens is 535 g/mol. The zero-order valence-electron chi connectivity index (χ0n) is 19.4. The Hall–Kier alpha value is -1.23. The average molecular weight is 569 g/mol. The van der Waals surface area contributed by atoms with Crippen LogP contribution in [0.15, 0.2) is 42.5 Å². The fourth-order valence-electron chi connectivity index (χ4n) is 4.63. The van der Waals surface area contributed by atoms with E-state index in [1.165, 1.54) is 0 Å². The number of hydrogen-bond donors (Lipinski definition) is 1. The summed E-state index contributed by atoms with van der Waals surface area (Å²) in [5.41, 5.74) is 0.136. The van der Waals surface area contributed by atoms with Gasteiger partial charge in [0.05, 0.1) is 22.6 Å². The Morgan fingerprint density at radius 3 is 2.62 bits per heavy atom. The smallest absolute Gasteiger partial charge is 0.246 e. The van der Waals surface area contributed by atoms with Crippen LogP contribution in [0, 0.1) is 5.92 Å². The predicted molar refractivity (Wildman–Crippen MR) is 135 cm³/mol. The summed E-state index contributed by atoms with van der Waals surface area (Å²) < 4.78 is 12.7. The molecule has 0 aromatic heterocycles. The first-order chi connectivity index (χ1) is 15.0. The van der Waals surface area contributed by atoms with Gasteiger partial charge in [0.25, 0.3) is 0 Å². The summed E-state index contributed by atoms with van der Waals surface area (Å²) in [6, 6.07) is 9.11. The SMILES string of the molecule is CC(C)(C)[Si](C)(C)OCCN1C(=O)[C@H]2[C@@H](I)[C@H]3C=C[C@]2(O3)[C@@H]1C(=O)NCc1ccccc1. The number of ether oxygens (including phenoxy) is 1. The molecule has 1 spiro atoms. The van der Waals surface area contributed by atoms with Crippen LogP contribution in [0.3, 0.4) is 0 Å². The third-order valence-corrected chi connectivity index (χ3v) is 13.4. The maximum Gasteiger partial charge on any atom is 0.246 e. The fourth-order valence-corrected chi connectivity index (χ4v) is 6.92. The molecule has 3 aliphatic rings. The molecule has 174 valence electrons. The number of benzene rings is 1. The second-order valence-electron chi connectivity index (χ2n) is 10.5. The molecule has 3 aliphatic heterocycles. The summed E-state index contributed by atoms with van der Waals surface area (Å²) in [7, 11) is -1.95. The number of halogens is 1. The number of carbonyl (C=O) groups is 2. The maximum absolute atomic E-state index is 13.5. The number of nitrogens with one attached hydrogen (secondary N) is 1. The van der Waals surface area contributed by atoms with Crippen LogP contribution in [-0.4, -0.2) is 59.9 Å².